The van der Waals surface area contributed by atoms with Crippen molar-refractivity contribution in [1.82, 2.24) is 4.98 Å². The van der Waals surface area contributed by atoms with Gasteiger partial charge in [-0.1, -0.05) is 18.2 Å². The first kappa shape index (κ1) is 12.3. The summed E-state index contributed by atoms with van der Waals surface area (Å²) < 4.78 is 29.5. The molecule has 1 aromatic heterocycles. The zero-order chi connectivity index (χ0) is 13.2. The minimum atomic E-state index is -3.76. The molecule has 0 N–H and O–H groups in total. The summed E-state index contributed by atoms with van der Waals surface area (Å²) in [4.78, 5) is 3.93. The van der Waals surface area contributed by atoms with Crippen molar-refractivity contribution in [3.05, 3.63) is 42.4 Å². The van der Waals surface area contributed by atoms with Crippen molar-refractivity contribution in [2.75, 3.05) is 0 Å². The molecular weight excluding hydrogens is 252 g/mol. The number of nitrogens with zero attached hydrogens (tertiary/aromatic N) is 2. The number of hydrogen-bond acceptors (Lipinski definition) is 5. The van der Waals surface area contributed by atoms with Gasteiger partial charge in [0.15, 0.2) is 6.39 Å². The first-order chi connectivity index (χ1) is 8.57. The topological polar surface area (TPSA) is 84.0 Å². The van der Waals surface area contributed by atoms with E-state index in [1.165, 1.54) is 12.1 Å². The van der Waals surface area contributed by atoms with Crippen molar-refractivity contribution < 1.29 is 12.8 Å². The molecule has 0 aliphatic rings. The molecule has 5 nitrogen and oxygen atoms in total. The second-order valence-electron chi connectivity index (χ2n) is 3.69. The van der Waals surface area contributed by atoms with E-state index in [4.69, 9.17) is 9.68 Å². The Morgan fingerprint density at radius 1 is 1.33 bits per heavy atom. The Morgan fingerprint density at radius 3 is 2.61 bits per heavy atom. The number of oxazole rings is 1. The number of benzene rings is 1. The summed E-state index contributed by atoms with van der Waals surface area (Å²) in [7, 11) is -3.76. The summed E-state index contributed by atoms with van der Waals surface area (Å²) in [6.45, 7) is 1.57. The van der Waals surface area contributed by atoms with Crippen molar-refractivity contribution in [3.63, 3.8) is 0 Å². The summed E-state index contributed by atoms with van der Waals surface area (Å²) in [5.74, 6) is -0.641. The molecule has 1 unspecified atom stereocenters. The summed E-state index contributed by atoms with van der Waals surface area (Å²) >= 11 is 0. The first-order valence-electron chi connectivity index (χ1n) is 5.20. The van der Waals surface area contributed by atoms with Gasteiger partial charge in [0.05, 0.1) is 16.9 Å². The molecule has 92 valence electrons. The van der Waals surface area contributed by atoms with Crippen molar-refractivity contribution in [2.45, 2.75) is 22.8 Å². The molecule has 1 heterocycles. The molecule has 0 saturated heterocycles. The lowest BCUT2D eigenvalue weighted by Crippen LogP contribution is -2.05. The minimum absolute atomic E-state index is 0.119. The van der Waals surface area contributed by atoms with Crippen molar-refractivity contribution in [2.24, 2.45) is 0 Å². The predicted molar refractivity (Wildman–Crippen MR) is 62.4 cm³/mol. The van der Waals surface area contributed by atoms with E-state index >= 15 is 0 Å². The highest BCUT2D eigenvalue weighted by molar-refractivity contribution is 7.91. The molecule has 1 aromatic carbocycles. The fourth-order valence-electron chi connectivity index (χ4n) is 1.50. The Balaban J connectivity index is 2.57. The summed E-state index contributed by atoms with van der Waals surface area (Å²) in [6.07, 6.45) is 1.04. The monoisotopic (exact) mass is 262 g/mol. The molecule has 18 heavy (non-hydrogen) atoms. The highest BCUT2D eigenvalue weighted by Crippen LogP contribution is 2.27. The van der Waals surface area contributed by atoms with Crippen molar-refractivity contribution in [3.8, 4) is 6.07 Å². The molecule has 0 fully saturated rings. The highest BCUT2D eigenvalue weighted by atomic mass is 32.2. The molecule has 0 spiro atoms. The Bertz CT molecular complexity index is 684. The van der Waals surface area contributed by atoms with Gasteiger partial charge in [0.2, 0.25) is 14.9 Å². The predicted octanol–water partition coefficient (Wildman–Crippen LogP) is 2.13. The van der Waals surface area contributed by atoms with Gasteiger partial charge < -0.3 is 4.42 Å². The lowest BCUT2D eigenvalue weighted by atomic mass is 10.1. The van der Waals surface area contributed by atoms with Crippen LogP contribution in [0, 0.1) is 11.3 Å². The van der Waals surface area contributed by atoms with E-state index in [1.807, 2.05) is 6.07 Å². The minimum Gasteiger partial charge on any atom is -0.431 e. The fraction of sp³-hybridized carbons (Fsp3) is 0.167. The van der Waals surface area contributed by atoms with E-state index in [0.717, 1.165) is 6.39 Å². The molecule has 0 radical (unpaired) electrons. The van der Waals surface area contributed by atoms with Crippen LogP contribution >= 0.6 is 0 Å². The maximum Gasteiger partial charge on any atom is 0.247 e. The van der Waals surface area contributed by atoms with Gasteiger partial charge in [-0.2, -0.15) is 5.26 Å². The number of aromatic nitrogens is 1. The van der Waals surface area contributed by atoms with Crippen LogP contribution in [0.25, 0.3) is 0 Å². The Morgan fingerprint density at radius 2 is 2.00 bits per heavy atom. The molecule has 0 bridgehead atoms. The van der Waals surface area contributed by atoms with Gasteiger partial charge in [-0.05, 0) is 19.1 Å². The van der Waals surface area contributed by atoms with E-state index in [9.17, 15) is 8.42 Å². The SMILES string of the molecule is CC(C#N)c1ncoc1S(=O)(=O)c1ccccc1. The van der Waals surface area contributed by atoms with Crippen molar-refractivity contribution >= 4 is 9.84 Å². The first-order valence-corrected chi connectivity index (χ1v) is 6.69. The third-order valence-corrected chi connectivity index (χ3v) is 4.15. The normalized spacial score (nSPS) is 12.9. The van der Waals surface area contributed by atoms with Crippen LogP contribution in [0.3, 0.4) is 0 Å². The summed E-state index contributed by atoms with van der Waals surface area (Å²) in [5, 5.41) is 8.58. The second kappa shape index (κ2) is 4.63. The van der Waals surface area contributed by atoms with E-state index in [1.54, 1.807) is 25.1 Å². The van der Waals surface area contributed by atoms with Gasteiger partial charge in [0.1, 0.15) is 5.69 Å². The highest BCUT2D eigenvalue weighted by Gasteiger charge is 2.28. The van der Waals surface area contributed by atoms with Gasteiger partial charge in [-0.3, -0.25) is 0 Å². The van der Waals surface area contributed by atoms with E-state index in [0.29, 0.717) is 0 Å². The third kappa shape index (κ3) is 2.00. The molecule has 1 atom stereocenters. The van der Waals surface area contributed by atoms with Gasteiger partial charge in [-0.25, -0.2) is 13.4 Å². The Labute approximate surface area is 105 Å². The van der Waals surface area contributed by atoms with Crippen molar-refractivity contribution in [1.29, 1.82) is 5.26 Å². The van der Waals surface area contributed by atoms with Gasteiger partial charge in [-0.15, -0.1) is 0 Å². The van der Waals surface area contributed by atoms with Crippen LogP contribution in [-0.4, -0.2) is 13.4 Å². The number of rotatable bonds is 3. The van der Waals surface area contributed by atoms with Crippen LogP contribution in [-0.2, 0) is 9.84 Å². The lowest BCUT2D eigenvalue weighted by Gasteiger charge is -2.04. The molecule has 6 heteroatoms. The average Bonchev–Trinajstić information content (AvgIpc) is 2.89. The Hall–Kier alpha value is -2.13. The molecule has 0 aliphatic heterocycles. The van der Waals surface area contributed by atoms with E-state index in [-0.39, 0.29) is 15.7 Å². The molecule has 0 saturated carbocycles. The Kier molecular flexibility index (Phi) is 3.17. The van der Waals surface area contributed by atoms with Crippen LogP contribution in [0.2, 0.25) is 0 Å². The number of nitriles is 1. The van der Waals surface area contributed by atoms with Gasteiger partial charge in [0.25, 0.3) is 0 Å². The fourth-order valence-corrected chi connectivity index (χ4v) is 2.91. The largest absolute Gasteiger partial charge is 0.431 e. The number of hydrogen-bond donors (Lipinski definition) is 0. The summed E-state index contributed by atoms with van der Waals surface area (Å²) in [6, 6.07) is 9.85. The van der Waals surface area contributed by atoms with Crippen LogP contribution in [0.4, 0.5) is 0 Å². The van der Waals surface area contributed by atoms with Crippen LogP contribution in [0.15, 0.2) is 51.1 Å². The molecule has 2 aromatic rings. The van der Waals surface area contributed by atoms with Crippen LogP contribution < -0.4 is 0 Å². The lowest BCUT2D eigenvalue weighted by molar-refractivity contribution is 0.441. The zero-order valence-electron chi connectivity index (χ0n) is 9.57. The molecule has 0 aliphatic carbocycles. The zero-order valence-corrected chi connectivity index (χ0v) is 10.4. The molecule has 0 amide bonds. The molecular formula is C12H10N2O3S. The van der Waals surface area contributed by atoms with E-state index < -0.39 is 15.8 Å². The van der Waals surface area contributed by atoms with Gasteiger partial charge in [0, 0.05) is 0 Å². The smallest absolute Gasteiger partial charge is 0.247 e. The van der Waals surface area contributed by atoms with Crippen LogP contribution in [0.1, 0.15) is 18.5 Å². The third-order valence-electron chi connectivity index (χ3n) is 2.46. The number of sulfone groups is 1. The summed E-state index contributed by atoms with van der Waals surface area (Å²) in [5.41, 5.74) is 0.140. The average molecular weight is 262 g/mol. The maximum atomic E-state index is 12.3. The quantitative estimate of drug-likeness (QED) is 0.846. The maximum absolute atomic E-state index is 12.3. The standard InChI is InChI=1S/C12H10N2O3S/c1-9(7-13)11-12(17-8-14-11)18(15,16)10-5-3-2-4-6-10/h2-6,8-9H,1H3. The van der Waals surface area contributed by atoms with E-state index in [2.05, 4.69) is 4.98 Å². The van der Waals surface area contributed by atoms with Gasteiger partial charge >= 0.3 is 0 Å². The van der Waals surface area contributed by atoms with Crippen LogP contribution in [0.5, 0.6) is 0 Å². The molecule has 2 rings (SSSR count). The second-order valence-corrected chi connectivity index (χ2v) is 5.54.